The third kappa shape index (κ3) is 3.84. The Bertz CT molecular complexity index is 1140. The monoisotopic (exact) mass is 438 g/mol. The van der Waals surface area contributed by atoms with Crippen molar-refractivity contribution in [3.05, 3.63) is 59.9 Å². The second-order valence-corrected chi connectivity index (χ2v) is 8.51. The third-order valence-electron chi connectivity index (χ3n) is 6.50. The SMILES string of the molecule is O=C(NCC1CC2(CCOCC2)CN1C(=O)c1coc2ccc(F)cc12)c1cccnn1. The molecule has 0 aliphatic carbocycles. The Morgan fingerprint density at radius 3 is 2.88 bits per heavy atom. The molecule has 5 rings (SSSR count). The Balaban J connectivity index is 1.40. The predicted molar refractivity (Wildman–Crippen MR) is 112 cm³/mol. The summed E-state index contributed by atoms with van der Waals surface area (Å²) in [6, 6.07) is 7.16. The van der Waals surface area contributed by atoms with Crippen molar-refractivity contribution in [2.45, 2.75) is 25.3 Å². The van der Waals surface area contributed by atoms with Crippen LogP contribution in [-0.4, -0.2) is 59.3 Å². The summed E-state index contributed by atoms with van der Waals surface area (Å²) in [5.74, 6) is -0.992. The van der Waals surface area contributed by atoms with Crippen LogP contribution in [0.25, 0.3) is 11.0 Å². The molecule has 2 saturated heterocycles. The van der Waals surface area contributed by atoms with E-state index in [-0.39, 0.29) is 35.5 Å². The summed E-state index contributed by atoms with van der Waals surface area (Å²) in [6.45, 7) is 2.15. The average molecular weight is 438 g/mol. The number of rotatable bonds is 4. The highest BCUT2D eigenvalue weighted by Gasteiger charge is 2.47. The van der Waals surface area contributed by atoms with Crippen LogP contribution in [0.1, 0.15) is 40.1 Å². The smallest absolute Gasteiger partial charge is 0.271 e. The Labute approximate surface area is 183 Å². The van der Waals surface area contributed by atoms with Gasteiger partial charge >= 0.3 is 0 Å². The van der Waals surface area contributed by atoms with Crippen LogP contribution in [0, 0.1) is 11.2 Å². The van der Waals surface area contributed by atoms with Gasteiger partial charge in [0.25, 0.3) is 11.8 Å². The van der Waals surface area contributed by atoms with E-state index in [0.717, 1.165) is 19.3 Å². The highest BCUT2D eigenvalue weighted by atomic mass is 19.1. The number of nitrogens with one attached hydrogen (secondary N) is 1. The van der Waals surface area contributed by atoms with Crippen molar-refractivity contribution in [2.24, 2.45) is 5.41 Å². The molecule has 1 N–H and O–H groups in total. The zero-order valence-corrected chi connectivity index (χ0v) is 17.4. The highest BCUT2D eigenvalue weighted by molar-refractivity contribution is 6.06. The molecule has 3 aromatic rings. The number of carbonyl (C=O) groups is 2. The number of hydrogen-bond acceptors (Lipinski definition) is 6. The standard InChI is InChI=1S/C23H23FN4O4/c24-15-3-4-20-17(10-15)18(13-32-20)22(30)28-14-23(5-8-31-9-6-23)11-16(28)12-25-21(29)19-2-1-7-26-27-19/h1-4,7,10,13,16H,5-6,8-9,11-12,14H2,(H,25,29). The molecule has 2 fully saturated rings. The average Bonchev–Trinajstić information content (AvgIpc) is 3.39. The van der Waals surface area contributed by atoms with Crippen LogP contribution in [0.3, 0.4) is 0 Å². The van der Waals surface area contributed by atoms with Crippen molar-refractivity contribution in [1.82, 2.24) is 20.4 Å². The van der Waals surface area contributed by atoms with Gasteiger partial charge in [0.05, 0.1) is 5.56 Å². The number of aromatic nitrogens is 2. The van der Waals surface area contributed by atoms with Gasteiger partial charge in [-0.05, 0) is 55.0 Å². The Kier molecular flexibility index (Phi) is 5.34. The Morgan fingerprint density at radius 2 is 2.09 bits per heavy atom. The second kappa shape index (κ2) is 8.31. The van der Waals surface area contributed by atoms with Gasteiger partial charge in [0, 0.05) is 43.9 Å². The van der Waals surface area contributed by atoms with Crippen molar-refractivity contribution in [2.75, 3.05) is 26.3 Å². The molecule has 0 saturated carbocycles. The van der Waals surface area contributed by atoms with Gasteiger partial charge in [0.2, 0.25) is 0 Å². The lowest BCUT2D eigenvalue weighted by Crippen LogP contribution is -2.43. The van der Waals surface area contributed by atoms with Gasteiger partial charge in [-0.2, -0.15) is 5.10 Å². The molecule has 1 atom stereocenters. The number of furan rings is 1. The topological polar surface area (TPSA) is 97.6 Å². The summed E-state index contributed by atoms with van der Waals surface area (Å²) in [5.41, 5.74) is 0.956. The lowest BCUT2D eigenvalue weighted by atomic mass is 9.78. The number of amides is 2. The normalized spacial score (nSPS) is 20.0. The van der Waals surface area contributed by atoms with Gasteiger partial charge in [-0.25, -0.2) is 4.39 Å². The molecular formula is C23H23FN4O4. The van der Waals surface area contributed by atoms with Gasteiger partial charge in [0.1, 0.15) is 17.7 Å². The summed E-state index contributed by atoms with van der Waals surface area (Å²) < 4.78 is 24.9. The molecule has 4 heterocycles. The van der Waals surface area contributed by atoms with Crippen LogP contribution in [0.5, 0.6) is 0 Å². The van der Waals surface area contributed by atoms with E-state index in [4.69, 9.17) is 9.15 Å². The molecule has 2 aromatic heterocycles. The quantitative estimate of drug-likeness (QED) is 0.673. The molecule has 1 spiro atoms. The van der Waals surface area contributed by atoms with E-state index in [2.05, 4.69) is 15.5 Å². The number of fused-ring (bicyclic) bond motifs is 1. The van der Waals surface area contributed by atoms with Gasteiger partial charge < -0.3 is 19.4 Å². The van der Waals surface area contributed by atoms with Crippen LogP contribution in [0.2, 0.25) is 0 Å². The Morgan fingerprint density at radius 1 is 1.25 bits per heavy atom. The molecule has 2 amide bonds. The Hall–Kier alpha value is -3.33. The van der Waals surface area contributed by atoms with E-state index in [1.54, 1.807) is 17.0 Å². The van der Waals surface area contributed by atoms with E-state index in [1.807, 2.05) is 0 Å². The first kappa shape index (κ1) is 20.6. The first-order chi connectivity index (χ1) is 15.5. The molecule has 32 heavy (non-hydrogen) atoms. The fourth-order valence-electron chi connectivity index (χ4n) is 4.80. The number of likely N-dealkylation sites (tertiary alicyclic amines) is 1. The van der Waals surface area contributed by atoms with Crippen LogP contribution in [0.4, 0.5) is 4.39 Å². The molecule has 2 aliphatic heterocycles. The fourth-order valence-corrected chi connectivity index (χ4v) is 4.80. The molecule has 0 bridgehead atoms. The lowest BCUT2D eigenvalue weighted by molar-refractivity contribution is 0.0190. The summed E-state index contributed by atoms with van der Waals surface area (Å²) >= 11 is 0. The van der Waals surface area contributed by atoms with Crippen LogP contribution in [-0.2, 0) is 4.74 Å². The molecule has 8 nitrogen and oxygen atoms in total. The van der Waals surface area contributed by atoms with Crippen molar-refractivity contribution < 1.29 is 23.1 Å². The number of nitrogens with zero attached hydrogens (tertiary/aromatic N) is 3. The zero-order valence-electron chi connectivity index (χ0n) is 17.4. The minimum atomic E-state index is -0.428. The number of ether oxygens (including phenoxy) is 1. The van der Waals surface area contributed by atoms with Gasteiger partial charge in [0.15, 0.2) is 5.69 Å². The van der Waals surface area contributed by atoms with Crippen molar-refractivity contribution in [3.8, 4) is 0 Å². The lowest BCUT2D eigenvalue weighted by Gasteiger charge is -2.33. The van der Waals surface area contributed by atoms with Crippen LogP contribution in [0.15, 0.2) is 47.2 Å². The minimum absolute atomic E-state index is 0.0549. The first-order valence-corrected chi connectivity index (χ1v) is 10.7. The summed E-state index contributed by atoms with van der Waals surface area (Å²) in [6.07, 6.45) is 5.35. The number of carbonyl (C=O) groups excluding carboxylic acids is 2. The zero-order chi connectivity index (χ0) is 22.1. The molecule has 2 aliphatic rings. The fraction of sp³-hybridized carbons (Fsp3) is 0.391. The summed E-state index contributed by atoms with van der Waals surface area (Å²) in [4.78, 5) is 27.8. The van der Waals surface area contributed by atoms with E-state index in [1.165, 1.54) is 30.7 Å². The van der Waals surface area contributed by atoms with Gasteiger partial charge in [-0.1, -0.05) is 0 Å². The molecule has 1 aromatic carbocycles. The molecule has 0 radical (unpaired) electrons. The van der Waals surface area contributed by atoms with Crippen molar-refractivity contribution in [3.63, 3.8) is 0 Å². The predicted octanol–water partition coefficient (Wildman–Crippen LogP) is 2.80. The van der Waals surface area contributed by atoms with E-state index >= 15 is 0 Å². The number of benzene rings is 1. The maximum Gasteiger partial charge on any atom is 0.271 e. The third-order valence-corrected chi connectivity index (χ3v) is 6.50. The van der Waals surface area contributed by atoms with E-state index in [0.29, 0.717) is 36.3 Å². The van der Waals surface area contributed by atoms with Crippen LogP contribution >= 0.6 is 0 Å². The van der Waals surface area contributed by atoms with Crippen molar-refractivity contribution >= 4 is 22.8 Å². The van der Waals surface area contributed by atoms with Crippen molar-refractivity contribution in [1.29, 1.82) is 0 Å². The van der Waals surface area contributed by atoms with Crippen LogP contribution < -0.4 is 5.32 Å². The second-order valence-electron chi connectivity index (χ2n) is 8.51. The maximum absolute atomic E-state index is 13.8. The minimum Gasteiger partial charge on any atom is -0.463 e. The summed E-state index contributed by atoms with van der Waals surface area (Å²) in [7, 11) is 0. The molecule has 1 unspecified atom stereocenters. The van der Waals surface area contributed by atoms with E-state index < -0.39 is 5.82 Å². The van der Waals surface area contributed by atoms with Gasteiger partial charge in [-0.3, -0.25) is 9.59 Å². The first-order valence-electron chi connectivity index (χ1n) is 10.7. The van der Waals surface area contributed by atoms with E-state index in [9.17, 15) is 14.0 Å². The summed E-state index contributed by atoms with van der Waals surface area (Å²) in [5, 5.41) is 10.9. The maximum atomic E-state index is 13.8. The van der Waals surface area contributed by atoms with Gasteiger partial charge in [-0.15, -0.1) is 5.10 Å². The number of hydrogen-bond donors (Lipinski definition) is 1. The highest BCUT2D eigenvalue weighted by Crippen LogP contribution is 2.43. The molecule has 166 valence electrons. The number of halogens is 1. The largest absolute Gasteiger partial charge is 0.463 e. The molecular weight excluding hydrogens is 415 g/mol. The molecule has 9 heteroatoms.